The van der Waals surface area contributed by atoms with Crippen molar-refractivity contribution in [1.82, 2.24) is 10.6 Å². The SMILES string of the molecule is COC(=O)C1=CC(C2CCNCC2)NCC1. The molecule has 16 heavy (non-hydrogen) atoms. The van der Waals surface area contributed by atoms with E-state index in [0.29, 0.717) is 12.0 Å². The molecule has 4 nitrogen and oxygen atoms in total. The molecule has 2 N–H and O–H groups in total. The lowest BCUT2D eigenvalue weighted by molar-refractivity contribution is -0.136. The predicted molar refractivity (Wildman–Crippen MR) is 62.1 cm³/mol. The minimum absolute atomic E-state index is 0.166. The topological polar surface area (TPSA) is 50.4 Å². The third-order valence-electron chi connectivity index (χ3n) is 3.49. The van der Waals surface area contributed by atoms with Gasteiger partial charge in [0.15, 0.2) is 0 Å². The van der Waals surface area contributed by atoms with Crippen molar-refractivity contribution in [2.24, 2.45) is 5.92 Å². The van der Waals surface area contributed by atoms with E-state index in [0.717, 1.165) is 31.6 Å². The summed E-state index contributed by atoms with van der Waals surface area (Å²) in [5.41, 5.74) is 0.838. The van der Waals surface area contributed by atoms with Crippen molar-refractivity contribution in [3.63, 3.8) is 0 Å². The van der Waals surface area contributed by atoms with E-state index in [1.165, 1.54) is 20.0 Å². The van der Waals surface area contributed by atoms with Gasteiger partial charge in [0.2, 0.25) is 0 Å². The van der Waals surface area contributed by atoms with Crippen LogP contribution in [0.5, 0.6) is 0 Å². The Morgan fingerprint density at radius 3 is 2.81 bits per heavy atom. The number of carbonyl (C=O) groups excluding carboxylic acids is 1. The van der Waals surface area contributed by atoms with Gasteiger partial charge >= 0.3 is 5.97 Å². The van der Waals surface area contributed by atoms with E-state index in [1.807, 2.05) is 0 Å². The fourth-order valence-electron chi connectivity index (χ4n) is 2.54. The lowest BCUT2D eigenvalue weighted by Gasteiger charge is -2.32. The summed E-state index contributed by atoms with van der Waals surface area (Å²) >= 11 is 0. The van der Waals surface area contributed by atoms with Crippen molar-refractivity contribution in [3.8, 4) is 0 Å². The summed E-state index contributed by atoms with van der Waals surface area (Å²) in [5.74, 6) is 0.488. The van der Waals surface area contributed by atoms with Crippen LogP contribution in [0.4, 0.5) is 0 Å². The quantitative estimate of drug-likeness (QED) is 0.669. The van der Waals surface area contributed by atoms with Crippen LogP contribution >= 0.6 is 0 Å². The first-order valence-electron chi connectivity index (χ1n) is 6.04. The van der Waals surface area contributed by atoms with Gasteiger partial charge in [0.25, 0.3) is 0 Å². The average molecular weight is 224 g/mol. The van der Waals surface area contributed by atoms with Crippen molar-refractivity contribution in [1.29, 1.82) is 0 Å². The maximum atomic E-state index is 11.5. The molecule has 2 aliphatic heterocycles. The number of esters is 1. The Labute approximate surface area is 96.4 Å². The zero-order valence-electron chi connectivity index (χ0n) is 9.79. The van der Waals surface area contributed by atoms with Crippen LogP contribution in [0.25, 0.3) is 0 Å². The van der Waals surface area contributed by atoms with Crippen LogP contribution in [0, 0.1) is 5.92 Å². The van der Waals surface area contributed by atoms with Crippen LogP contribution in [-0.2, 0) is 9.53 Å². The molecule has 1 unspecified atom stereocenters. The molecule has 0 saturated carbocycles. The standard InChI is InChI=1S/C12H20N2O2/c1-16-12(15)10-4-7-14-11(8-10)9-2-5-13-6-3-9/h8-9,11,13-14H,2-7H2,1H3. The molecule has 2 heterocycles. The molecule has 0 bridgehead atoms. The summed E-state index contributed by atoms with van der Waals surface area (Å²) in [5, 5.41) is 6.84. The number of nitrogens with one attached hydrogen (secondary N) is 2. The van der Waals surface area contributed by atoms with Gasteiger partial charge in [0.05, 0.1) is 7.11 Å². The van der Waals surface area contributed by atoms with Crippen molar-refractivity contribution < 1.29 is 9.53 Å². The zero-order chi connectivity index (χ0) is 11.4. The Morgan fingerprint density at radius 2 is 2.12 bits per heavy atom. The van der Waals surface area contributed by atoms with Crippen LogP contribution in [-0.4, -0.2) is 38.8 Å². The number of rotatable bonds is 2. The number of hydrogen-bond acceptors (Lipinski definition) is 4. The highest BCUT2D eigenvalue weighted by atomic mass is 16.5. The molecule has 1 atom stereocenters. The second-order valence-corrected chi connectivity index (χ2v) is 4.50. The predicted octanol–water partition coefficient (Wildman–Crippen LogP) is 0.447. The van der Waals surface area contributed by atoms with Gasteiger partial charge in [-0.1, -0.05) is 6.08 Å². The Bertz CT molecular complexity index is 283. The molecule has 0 aromatic carbocycles. The van der Waals surface area contributed by atoms with E-state index in [1.54, 1.807) is 0 Å². The Balaban J connectivity index is 2.01. The van der Waals surface area contributed by atoms with Crippen molar-refractivity contribution in [3.05, 3.63) is 11.6 Å². The maximum Gasteiger partial charge on any atom is 0.333 e. The molecule has 0 spiro atoms. The van der Waals surface area contributed by atoms with Crippen molar-refractivity contribution in [2.75, 3.05) is 26.7 Å². The van der Waals surface area contributed by atoms with E-state index in [-0.39, 0.29) is 5.97 Å². The monoisotopic (exact) mass is 224 g/mol. The van der Waals surface area contributed by atoms with Crippen molar-refractivity contribution >= 4 is 5.97 Å². The molecule has 2 aliphatic rings. The second-order valence-electron chi connectivity index (χ2n) is 4.50. The summed E-state index contributed by atoms with van der Waals surface area (Å²) in [7, 11) is 1.45. The molecular weight excluding hydrogens is 204 g/mol. The highest BCUT2D eigenvalue weighted by molar-refractivity contribution is 5.88. The van der Waals surface area contributed by atoms with Gasteiger partial charge in [-0.15, -0.1) is 0 Å². The smallest absolute Gasteiger partial charge is 0.333 e. The summed E-state index contributed by atoms with van der Waals surface area (Å²) in [6.45, 7) is 3.06. The summed E-state index contributed by atoms with van der Waals surface area (Å²) in [4.78, 5) is 11.5. The summed E-state index contributed by atoms with van der Waals surface area (Å²) in [6.07, 6.45) is 5.23. The first-order chi connectivity index (χ1) is 7.81. The third kappa shape index (κ3) is 2.62. The Hall–Kier alpha value is -0.870. The molecule has 0 amide bonds. The van der Waals surface area contributed by atoms with Gasteiger partial charge in [-0.05, 0) is 44.8 Å². The molecule has 0 aliphatic carbocycles. The average Bonchev–Trinajstić information content (AvgIpc) is 2.39. The van der Waals surface area contributed by atoms with Crippen molar-refractivity contribution in [2.45, 2.75) is 25.3 Å². The van der Waals surface area contributed by atoms with Gasteiger partial charge in [-0.3, -0.25) is 0 Å². The molecule has 4 heteroatoms. The van der Waals surface area contributed by atoms with E-state index in [9.17, 15) is 4.79 Å². The van der Waals surface area contributed by atoms with E-state index in [4.69, 9.17) is 4.74 Å². The highest BCUT2D eigenvalue weighted by Gasteiger charge is 2.26. The van der Waals surface area contributed by atoms with Crippen LogP contribution in [0.3, 0.4) is 0 Å². The molecular formula is C12H20N2O2. The molecule has 0 radical (unpaired) electrons. The lowest BCUT2D eigenvalue weighted by Crippen LogP contribution is -2.43. The van der Waals surface area contributed by atoms with Gasteiger partial charge in [-0.2, -0.15) is 0 Å². The first kappa shape index (κ1) is 11.6. The molecule has 0 aromatic rings. The molecule has 90 valence electrons. The number of ether oxygens (including phenoxy) is 1. The normalized spacial score (nSPS) is 27.3. The first-order valence-corrected chi connectivity index (χ1v) is 6.04. The minimum Gasteiger partial charge on any atom is -0.466 e. The number of piperidine rings is 1. The molecule has 1 fully saturated rings. The van der Waals surface area contributed by atoms with Gasteiger partial charge in [-0.25, -0.2) is 4.79 Å². The van der Waals surface area contributed by atoms with Crippen LogP contribution in [0.1, 0.15) is 19.3 Å². The zero-order valence-corrected chi connectivity index (χ0v) is 9.79. The van der Waals surface area contributed by atoms with Gasteiger partial charge in [0.1, 0.15) is 0 Å². The van der Waals surface area contributed by atoms with E-state index in [2.05, 4.69) is 16.7 Å². The maximum absolute atomic E-state index is 11.5. The minimum atomic E-state index is -0.166. The molecule has 1 saturated heterocycles. The number of carbonyl (C=O) groups is 1. The Kier molecular flexibility index (Phi) is 3.96. The van der Waals surface area contributed by atoms with E-state index >= 15 is 0 Å². The van der Waals surface area contributed by atoms with E-state index < -0.39 is 0 Å². The number of methoxy groups -OCH3 is 1. The number of hydrogen-bond donors (Lipinski definition) is 2. The Morgan fingerprint density at radius 1 is 1.38 bits per heavy atom. The largest absolute Gasteiger partial charge is 0.466 e. The van der Waals surface area contributed by atoms with Crippen LogP contribution in [0.15, 0.2) is 11.6 Å². The summed E-state index contributed by atoms with van der Waals surface area (Å²) in [6, 6.07) is 0.352. The lowest BCUT2D eigenvalue weighted by atomic mass is 9.87. The third-order valence-corrected chi connectivity index (χ3v) is 3.49. The molecule has 2 rings (SSSR count). The summed E-state index contributed by atoms with van der Waals surface area (Å²) < 4.78 is 4.78. The highest BCUT2D eigenvalue weighted by Crippen LogP contribution is 2.22. The second kappa shape index (κ2) is 5.46. The molecule has 0 aromatic heterocycles. The fraction of sp³-hybridized carbons (Fsp3) is 0.750. The van der Waals surface area contributed by atoms with Crippen LogP contribution < -0.4 is 10.6 Å². The fourth-order valence-corrected chi connectivity index (χ4v) is 2.54. The van der Waals surface area contributed by atoms with Gasteiger partial charge in [0, 0.05) is 11.6 Å². The van der Waals surface area contributed by atoms with Gasteiger partial charge < -0.3 is 15.4 Å². The van der Waals surface area contributed by atoms with Crippen LogP contribution in [0.2, 0.25) is 0 Å².